The van der Waals surface area contributed by atoms with E-state index < -0.39 is 0 Å². The summed E-state index contributed by atoms with van der Waals surface area (Å²) in [5.74, 6) is 0.363. The highest BCUT2D eigenvalue weighted by molar-refractivity contribution is 6.05. The average molecular weight is 1840 g/mol. The minimum atomic E-state index is -0.201. The molecule has 4 aliphatic heterocycles. The molecular formula is C125H104F2N14. The normalized spacial score (nSPS) is 12.6. The molecule has 14 nitrogen and oxygen atoms in total. The van der Waals surface area contributed by atoms with Crippen LogP contribution in [-0.4, -0.2) is 73.3 Å². The van der Waals surface area contributed by atoms with Crippen LogP contribution >= 0.6 is 0 Å². The lowest BCUT2D eigenvalue weighted by Gasteiger charge is -2.11. The molecule has 688 valence electrons. The van der Waals surface area contributed by atoms with E-state index in [9.17, 15) is 8.78 Å². The van der Waals surface area contributed by atoms with E-state index >= 15 is 0 Å². The lowest BCUT2D eigenvalue weighted by Crippen LogP contribution is -1.95. The Balaban J connectivity index is 0.000000104. The van der Waals surface area contributed by atoms with Crippen molar-refractivity contribution in [2.75, 3.05) is 0 Å². The third-order valence-electron chi connectivity index (χ3n) is 26.7. The number of rotatable bonds is 14. The third-order valence-corrected chi connectivity index (χ3v) is 26.7. The van der Waals surface area contributed by atoms with Crippen molar-refractivity contribution in [3.63, 3.8) is 0 Å². The highest BCUT2D eigenvalue weighted by Crippen LogP contribution is 2.44. The number of hydrogen-bond donors (Lipinski definition) is 0. The summed E-state index contributed by atoms with van der Waals surface area (Å²) in [4.78, 5) is 45.5. The molecule has 5 aliphatic rings. The molecule has 0 bridgehead atoms. The molecule has 141 heavy (non-hydrogen) atoms. The van der Waals surface area contributed by atoms with E-state index in [-0.39, 0.29) is 11.6 Å². The highest BCUT2D eigenvalue weighted by atomic mass is 19.1. The van der Waals surface area contributed by atoms with Crippen LogP contribution in [0.5, 0.6) is 0 Å². The number of nitrogens with zero attached hydrogens (tertiary/aromatic N) is 14. The molecule has 25 rings (SSSR count). The fraction of sp³-hybridized carbons (Fsp3) is 0.136. The van der Waals surface area contributed by atoms with Gasteiger partial charge in [-0.25, -0.2) is 8.78 Å². The number of aryl methyl sites for hydroxylation is 7. The predicted molar refractivity (Wildman–Crippen MR) is 574 cm³/mol. The Morgan fingerprint density at radius 2 is 0.624 bits per heavy atom. The van der Waals surface area contributed by atoms with Gasteiger partial charge >= 0.3 is 0 Å². The van der Waals surface area contributed by atoms with E-state index in [4.69, 9.17) is 4.98 Å². The standard InChI is InChI=1S/C22H18N2.C21H17FN2.2C21H18N2.C20H16FN3.C20H17N3/c1-3-16(15-6-7-15)11-18(4-1)22-21(5-2-10-24-22)17-8-9-19-13-23-14-20(19)12-17;1-13-10-16(7-8-20(13)22)21-18(4-3-9-23-21)15-5-6-17-12-24-14(2)19(17)11-15;1-14-5-3-6-17(11-14)21-19(7-4-10-22-21)16-8-9-18-13-23-15(2)20(18)12-16;1-2-15-5-3-6-17(11-15)21-20(7-4-10-23-21)16-8-9-18-13-22-14-19(18)12-16;1-13-10-15(5-7-18(13)21)20-17(4-3-9-22-20)14-6-8-19-16(11-14)12-23-24(19)2;1-14-5-3-6-16(11-14)20-18(7-4-10-21-20)15-8-9-19-17(12-15)13-22-23(19)2/h1-5,8-12,14-15H,6-7,13H2;3-11H,12H2,1-2H3;3-12H,13H2,1-2H3;3-12,14H,2,13H2,1H3;3-12H,1-2H3;3-13H,1-2H3. The number of pyridine rings is 6. The second-order valence-corrected chi connectivity index (χ2v) is 36.4. The van der Waals surface area contributed by atoms with Crippen molar-refractivity contribution in [2.45, 2.75) is 99.8 Å². The maximum atomic E-state index is 13.6. The molecule has 8 aromatic heterocycles. The summed E-state index contributed by atoms with van der Waals surface area (Å²) >= 11 is 0. The molecule has 0 radical (unpaired) electrons. The molecule has 0 atom stereocenters. The highest BCUT2D eigenvalue weighted by Gasteiger charge is 2.26. The summed E-state index contributed by atoms with van der Waals surface area (Å²) in [6.07, 6.45) is 22.4. The van der Waals surface area contributed by atoms with Gasteiger partial charge in [-0.1, -0.05) is 188 Å². The molecule has 0 spiro atoms. The molecule has 1 saturated carbocycles. The van der Waals surface area contributed by atoms with Gasteiger partial charge in [0.05, 0.1) is 83.8 Å². The van der Waals surface area contributed by atoms with Gasteiger partial charge in [-0.3, -0.25) is 59.2 Å². The second-order valence-electron chi connectivity index (χ2n) is 36.4. The zero-order chi connectivity index (χ0) is 96.6. The number of halogens is 2. The first-order chi connectivity index (χ1) is 68.9. The van der Waals surface area contributed by atoms with Crippen LogP contribution in [0, 0.1) is 39.3 Å². The van der Waals surface area contributed by atoms with Gasteiger partial charge < -0.3 is 0 Å². The van der Waals surface area contributed by atoms with Gasteiger partial charge in [-0.05, 0) is 301 Å². The van der Waals surface area contributed by atoms with Gasteiger partial charge in [0.1, 0.15) is 11.6 Å². The molecule has 1 aliphatic carbocycles. The van der Waals surface area contributed by atoms with E-state index in [1.165, 1.54) is 136 Å². The molecule has 0 amide bonds. The largest absolute Gasteiger partial charge is 0.288 e. The molecule has 1 fully saturated rings. The summed E-state index contributed by atoms with van der Waals surface area (Å²) in [6, 6.07) is 108. The molecule has 12 aromatic carbocycles. The smallest absolute Gasteiger partial charge is 0.126 e. The minimum Gasteiger partial charge on any atom is -0.288 e. The Morgan fingerprint density at radius 1 is 0.291 bits per heavy atom. The third kappa shape index (κ3) is 20.3. The van der Waals surface area contributed by atoms with Crippen LogP contribution < -0.4 is 0 Å². The summed E-state index contributed by atoms with van der Waals surface area (Å²) in [5.41, 5.74) is 47.1. The maximum Gasteiger partial charge on any atom is 0.126 e. The van der Waals surface area contributed by atoms with Crippen molar-refractivity contribution in [1.29, 1.82) is 0 Å². The zero-order valence-electron chi connectivity index (χ0n) is 80.3. The van der Waals surface area contributed by atoms with Gasteiger partial charge in [0, 0.05) is 164 Å². The first-order valence-corrected chi connectivity index (χ1v) is 47.9. The van der Waals surface area contributed by atoms with E-state index in [1.54, 1.807) is 38.4 Å². The van der Waals surface area contributed by atoms with Gasteiger partial charge in [0.25, 0.3) is 0 Å². The first kappa shape index (κ1) is 91.8. The van der Waals surface area contributed by atoms with Gasteiger partial charge in [0.2, 0.25) is 0 Å². The topological polar surface area (TPSA) is 162 Å². The van der Waals surface area contributed by atoms with Crippen molar-refractivity contribution in [3.05, 3.63) is 455 Å². The van der Waals surface area contributed by atoms with Crippen LogP contribution in [0.4, 0.5) is 8.78 Å². The van der Waals surface area contributed by atoms with E-state index in [1.807, 2.05) is 135 Å². The first-order valence-electron chi connectivity index (χ1n) is 47.9. The van der Waals surface area contributed by atoms with E-state index in [0.29, 0.717) is 11.1 Å². The monoisotopic (exact) mass is 1840 g/mol. The average Bonchev–Trinajstić information content (AvgIpc) is 1.66. The van der Waals surface area contributed by atoms with Gasteiger partial charge in [-0.2, -0.15) is 10.2 Å². The van der Waals surface area contributed by atoms with Crippen molar-refractivity contribution in [3.8, 4) is 134 Å². The zero-order valence-corrected chi connectivity index (χ0v) is 80.3. The SMILES string of the molecule is C1=NCc2ccc(-c3cccnc3-c3cccc(C4CC4)c3)cc21.CC1=NCc2ccc(-c3cccnc3-c3ccc(F)c(C)c3)cc21.CC1=NCc2ccc(-c3cccnc3-c3cccc(C)c3)cc21.CCc1cccc(-c2ncccc2-c2ccc3c(c2)C=NC3)c1.Cc1cc(-c2ncccc2-c2ccc3c(cnn3C)c2)ccc1F.Cc1cccc(-c2ncccc2-c2ccc3c(cnn3C)c2)c1. The number of hydrogen-bond acceptors (Lipinski definition) is 12. The van der Waals surface area contributed by atoms with Crippen molar-refractivity contribution in [2.24, 2.45) is 34.1 Å². The van der Waals surface area contributed by atoms with Crippen LogP contribution in [0.2, 0.25) is 0 Å². The Morgan fingerprint density at radius 3 is 1.00 bits per heavy atom. The number of aromatic nitrogens is 10. The number of benzene rings is 12. The summed E-state index contributed by atoms with van der Waals surface area (Å²) in [6.45, 7) is 17.2. The fourth-order valence-electron chi connectivity index (χ4n) is 18.9. The summed E-state index contributed by atoms with van der Waals surface area (Å²) in [5, 5.41) is 10.8. The Hall–Kier alpha value is -17.0. The fourth-order valence-corrected chi connectivity index (χ4v) is 18.9. The molecule has 0 N–H and O–H groups in total. The van der Waals surface area contributed by atoms with Crippen molar-refractivity contribution in [1.82, 2.24) is 49.5 Å². The number of aliphatic imine (C=N–C) groups is 4. The second kappa shape index (κ2) is 41.1. The lowest BCUT2D eigenvalue weighted by atomic mass is 9.95. The van der Waals surface area contributed by atoms with E-state index in [0.717, 1.165) is 162 Å². The van der Waals surface area contributed by atoms with E-state index in [2.05, 4.69) is 319 Å². The number of fused-ring (bicyclic) bond motifs is 6. The molecule has 0 saturated heterocycles. The van der Waals surface area contributed by atoms with Gasteiger partial charge in [-0.15, -0.1) is 0 Å². The Labute approximate surface area is 821 Å². The van der Waals surface area contributed by atoms with Crippen LogP contribution in [-0.2, 0) is 46.7 Å². The molecular weight excluding hydrogens is 1740 g/mol. The lowest BCUT2D eigenvalue weighted by molar-refractivity contribution is 0.618. The predicted octanol–water partition coefficient (Wildman–Crippen LogP) is 29.7. The maximum absolute atomic E-state index is 13.6. The van der Waals surface area contributed by atoms with Crippen molar-refractivity contribution >= 4 is 45.7 Å². The Bertz CT molecular complexity index is 8270. The van der Waals surface area contributed by atoms with Gasteiger partial charge in [0.15, 0.2) is 0 Å². The van der Waals surface area contributed by atoms with Crippen LogP contribution in [0.25, 0.3) is 156 Å². The molecule has 12 heterocycles. The molecule has 20 aromatic rings. The van der Waals surface area contributed by atoms with Crippen LogP contribution in [0.15, 0.2) is 385 Å². The Kier molecular flexibility index (Phi) is 26.8. The summed E-state index contributed by atoms with van der Waals surface area (Å²) < 4.78 is 30.9. The summed E-state index contributed by atoms with van der Waals surface area (Å²) in [7, 11) is 3.89. The minimum absolute atomic E-state index is 0.194. The van der Waals surface area contributed by atoms with Crippen LogP contribution in [0.1, 0.15) is 117 Å². The van der Waals surface area contributed by atoms with Crippen LogP contribution in [0.3, 0.4) is 0 Å². The molecule has 16 heteroatoms. The van der Waals surface area contributed by atoms with Crippen molar-refractivity contribution < 1.29 is 8.78 Å². The molecule has 0 unspecified atom stereocenters. The quantitative estimate of drug-likeness (QED) is 0.104.